The maximum absolute atomic E-state index is 5.47. The summed E-state index contributed by atoms with van der Waals surface area (Å²) in [5.41, 5.74) is 1.13. The summed E-state index contributed by atoms with van der Waals surface area (Å²) in [5.74, 6) is 2.61. The van der Waals surface area contributed by atoms with Crippen LogP contribution in [-0.2, 0) is 6.54 Å². The molecule has 24 heavy (non-hydrogen) atoms. The lowest BCUT2D eigenvalue weighted by molar-refractivity contribution is 0.383. The zero-order valence-corrected chi connectivity index (χ0v) is 14.2. The van der Waals surface area contributed by atoms with Gasteiger partial charge in [-0.2, -0.15) is 5.10 Å². The van der Waals surface area contributed by atoms with Crippen LogP contribution in [0.2, 0.25) is 0 Å². The molecule has 0 bridgehead atoms. The maximum Gasteiger partial charge on any atom is 0.151 e. The summed E-state index contributed by atoms with van der Waals surface area (Å²) in [5, 5.41) is 11.8. The van der Waals surface area contributed by atoms with Crippen LogP contribution in [0.5, 0.6) is 11.5 Å². The molecule has 1 atom stereocenters. The van der Waals surface area contributed by atoms with Crippen LogP contribution >= 0.6 is 0 Å². The second-order valence-electron chi connectivity index (χ2n) is 5.93. The smallest absolute Gasteiger partial charge is 0.151 e. The number of methoxy groups -OCH3 is 2. The third kappa shape index (κ3) is 3.94. The Morgan fingerprint density at radius 2 is 2.17 bits per heavy atom. The molecule has 1 N–H and O–H groups in total. The topological polar surface area (TPSA) is 59.5 Å². The molecule has 2 heterocycles. The lowest BCUT2D eigenvalue weighted by atomic mass is 10.0. The van der Waals surface area contributed by atoms with E-state index in [0.717, 1.165) is 55.4 Å². The molecule has 1 fully saturated rings. The number of hydrogen-bond donors (Lipinski definition) is 1. The minimum Gasteiger partial charge on any atom is -0.497 e. The Morgan fingerprint density at radius 1 is 1.25 bits per heavy atom. The van der Waals surface area contributed by atoms with Crippen molar-refractivity contribution in [1.82, 2.24) is 15.5 Å². The van der Waals surface area contributed by atoms with Gasteiger partial charge in [0.05, 0.1) is 14.2 Å². The predicted octanol–water partition coefficient (Wildman–Crippen LogP) is 2.25. The predicted molar refractivity (Wildman–Crippen MR) is 93.7 cm³/mol. The number of aromatic nitrogens is 2. The highest BCUT2D eigenvalue weighted by molar-refractivity contribution is 5.41. The third-order valence-corrected chi connectivity index (χ3v) is 4.38. The minimum absolute atomic E-state index is 0.424. The van der Waals surface area contributed by atoms with E-state index in [1.165, 1.54) is 0 Å². The highest BCUT2D eigenvalue weighted by Gasteiger charge is 2.21. The van der Waals surface area contributed by atoms with Gasteiger partial charge in [0, 0.05) is 43.5 Å². The lowest BCUT2D eigenvalue weighted by Gasteiger charge is -2.33. The van der Waals surface area contributed by atoms with Gasteiger partial charge in [0.25, 0.3) is 0 Å². The van der Waals surface area contributed by atoms with Crippen molar-refractivity contribution < 1.29 is 9.47 Å². The Hall–Kier alpha value is -2.34. The molecule has 1 saturated heterocycles. The van der Waals surface area contributed by atoms with E-state index in [2.05, 4.69) is 20.4 Å². The second kappa shape index (κ2) is 7.97. The average Bonchev–Trinajstić information content (AvgIpc) is 2.67. The number of ether oxygens (including phenoxy) is 2. The summed E-state index contributed by atoms with van der Waals surface area (Å²) in [7, 11) is 3.35. The first-order valence-corrected chi connectivity index (χ1v) is 8.27. The first-order chi connectivity index (χ1) is 11.8. The third-order valence-electron chi connectivity index (χ3n) is 4.38. The highest BCUT2D eigenvalue weighted by Crippen LogP contribution is 2.25. The number of nitrogens with zero attached hydrogens (tertiary/aromatic N) is 3. The molecule has 2 aromatic rings. The van der Waals surface area contributed by atoms with E-state index in [1.807, 2.05) is 30.3 Å². The molecule has 1 aromatic heterocycles. The van der Waals surface area contributed by atoms with Gasteiger partial charge in [-0.3, -0.25) is 0 Å². The molecular weight excluding hydrogens is 304 g/mol. The maximum atomic E-state index is 5.47. The van der Waals surface area contributed by atoms with Crippen molar-refractivity contribution in [2.45, 2.75) is 25.4 Å². The molecule has 0 amide bonds. The van der Waals surface area contributed by atoms with Crippen LogP contribution in [0.25, 0.3) is 0 Å². The average molecular weight is 328 g/mol. The SMILES string of the molecule is COc1ccc(CN[C@H]2CCCN(c3cccnn3)C2)c(OC)c1. The highest BCUT2D eigenvalue weighted by atomic mass is 16.5. The summed E-state index contributed by atoms with van der Waals surface area (Å²) in [6.07, 6.45) is 4.02. The van der Waals surface area contributed by atoms with Crippen LogP contribution in [0.1, 0.15) is 18.4 Å². The first-order valence-electron chi connectivity index (χ1n) is 8.27. The molecule has 1 aliphatic heterocycles. The molecule has 0 spiro atoms. The molecular formula is C18H24N4O2. The van der Waals surface area contributed by atoms with Gasteiger partial charge in [-0.1, -0.05) is 6.07 Å². The second-order valence-corrected chi connectivity index (χ2v) is 5.93. The van der Waals surface area contributed by atoms with Crippen molar-refractivity contribution in [3.8, 4) is 11.5 Å². The lowest BCUT2D eigenvalue weighted by Crippen LogP contribution is -2.45. The van der Waals surface area contributed by atoms with Gasteiger partial charge in [-0.15, -0.1) is 5.10 Å². The normalized spacial score (nSPS) is 17.6. The number of hydrogen-bond acceptors (Lipinski definition) is 6. The van der Waals surface area contributed by atoms with E-state index in [4.69, 9.17) is 9.47 Å². The monoisotopic (exact) mass is 328 g/mol. The van der Waals surface area contributed by atoms with Crippen LogP contribution < -0.4 is 19.7 Å². The number of anilines is 1. The molecule has 128 valence electrons. The van der Waals surface area contributed by atoms with Crippen molar-refractivity contribution in [3.63, 3.8) is 0 Å². The van der Waals surface area contributed by atoms with E-state index in [1.54, 1.807) is 20.4 Å². The number of rotatable bonds is 6. The quantitative estimate of drug-likeness (QED) is 0.878. The van der Waals surface area contributed by atoms with E-state index < -0.39 is 0 Å². The molecule has 0 unspecified atom stereocenters. The minimum atomic E-state index is 0.424. The van der Waals surface area contributed by atoms with E-state index in [-0.39, 0.29) is 0 Å². The van der Waals surface area contributed by atoms with Crippen molar-refractivity contribution >= 4 is 5.82 Å². The first kappa shape index (κ1) is 16.5. The van der Waals surface area contributed by atoms with Gasteiger partial charge in [0.15, 0.2) is 5.82 Å². The standard InChI is InChI=1S/C18H24N4O2/c1-23-16-8-7-14(17(11-16)24-2)12-19-15-5-4-10-22(13-15)18-6-3-9-20-21-18/h3,6-9,11,15,19H,4-5,10,12-13H2,1-2H3/t15-/m0/s1. The summed E-state index contributed by atoms with van der Waals surface area (Å²) < 4.78 is 10.7. The van der Waals surface area contributed by atoms with E-state index in [0.29, 0.717) is 6.04 Å². The fourth-order valence-electron chi connectivity index (χ4n) is 3.07. The Bertz CT molecular complexity index is 651. The molecule has 3 rings (SSSR count). The Kier molecular flexibility index (Phi) is 5.48. The Labute approximate surface area is 142 Å². The zero-order valence-electron chi connectivity index (χ0n) is 14.2. The summed E-state index contributed by atoms with van der Waals surface area (Å²) >= 11 is 0. The summed E-state index contributed by atoms with van der Waals surface area (Å²) in [4.78, 5) is 2.29. The van der Waals surface area contributed by atoms with Crippen LogP contribution in [0.15, 0.2) is 36.5 Å². The summed E-state index contributed by atoms with van der Waals surface area (Å²) in [6, 6.07) is 10.3. The van der Waals surface area contributed by atoms with Gasteiger partial charge >= 0.3 is 0 Å². The van der Waals surface area contributed by atoms with Gasteiger partial charge in [0.1, 0.15) is 11.5 Å². The fraction of sp³-hybridized carbons (Fsp3) is 0.444. The van der Waals surface area contributed by atoms with Crippen molar-refractivity contribution in [3.05, 3.63) is 42.1 Å². The van der Waals surface area contributed by atoms with Crippen molar-refractivity contribution in [2.24, 2.45) is 0 Å². The molecule has 0 aliphatic carbocycles. The molecule has 0 radical (unpaired) electrons. The van der Waals surface area contributed by atoms with E-state index >= 15 is 0 Å². The van der Waals surface area contributed by atoms with Crippen molar-refractivity contribution in [1.29, 1.82) is 0 Å². The number of piperidine rings is 1. The fourth-order valence-corrected chi connectivity index (χ4v) is 3.07. The number of benzene rings is 1. The van der Waals surface area contributed by atoms with Crippen LogP contribution in [0.3, 0.4) is 0 Å². The van der Waals surface area contributed by atoms with E-state index in [9.17, 15) is 0 Å². The van der Waals surface area contributed by atoms with Gasteiger partial charge in [-0.25, -0.2) is 0 Å². The molecule has 6 nitrogen and oxygen atoms in total. The molecule has 6 heteroatoms. The van der Waals surface area contributed by atoms with Crippen LogP contribution in [0.4, 0.5) is 5.82 Å². The van der Waals surface area contributed by atoms with Gasteiger partial charge in [-0.05, 0) is 31.0 Å². The largest absolute Gasteiger partial charge is 0.497 e. The van der Waals surface area contributed by atoms with Crippen LogP contribution in [0, 0.1) is 0 Å². The van der Waals surface area contributed by atoms with Gasteiger partial charge in [0.2, 0.25) is 0 Å². The van der Waals surface area contributed by atoms with Crippen molar-refractivity contribution in [2.75, 3.05) is 32.2 Å². The molecule has 0 saturated carbocycles. The van der Waals surface area contributed by atoms with Gasteiger partial charge < -0.3 is 19.7 Å². The zero-order chi connectivity index (χ0) is 16.8. The molecule has 1 aromatic carbocycles. The number of nitrogens with one attached hydrogen (secondary N) is 1. The summed E-state index contributed by atoms with van der Waals surface area (Å²) in [6.45, 7) is 2.74. The molecule has 1 aliphatic rings. The Morgan fingerprint density at radius 3 is 2.92 bits per heavy atom. The van der Waals surface area contributed by atoms with Crippen LogP contribution in [-0.4, -0.2) is 43.5 Å². The Balaban J connectivity index is 1.60.